The van der Waals surface area contributed by atoms with Crippen LogP contribution in [0, 0.1) is 0 Å². The van der Waals surface area contributed by atoms with Crippen molar-refractivity contribution in [1.29, 1.82) is 0 Å². The van der Waals surface area contributed by atoms with Crippen LogP contribution in [-0.4, -0.2) is 30.3 Å². The second-order valence-electron chi connectivity index (χ2n) is 4.29. The van der Waals surface area contributed by atoms with Gasteiger partial charge in [-0.25, -0.2) is 9.97 Å². The Bertz CT molecular complexity index is 654. The van der Waals surface area contributed by atoms with E-state index in [1.807, 2.05) is 18.2 Å². The quantitative estimate of drug-likeness (QED) is 0.805. The van der Waals surface area contributed by atoms with E-state index in [-0.39, 0.29) is 0 Å². The van der Waals surface area contributed by atoms with Crippen LogP contribution in [0.3, 0.4) is 0 Å². The molecule has 0 unspecified atom stereocenters. The van der Waals surface area contributed by atoms with Crippen molar-refractivity contribution in [3.8, 4) is 11.5 Å². The Morgan fingerprint density at radius 1 is 1.19 bits per heavy atom. The summed E-state index contributed by atoms with van der Waals surface area (Å²) in [5.41, 5.74) is 0. The van der Waals surface area contributed by atoms with Gasteiger partial charge in [-0.15, -0.1) is 0 Å². The van der Waals surface area contributed by atoms with Crippen LogP contribution in [0.25, 0.3) is 0 Å². The summed E-state index contributed by atoms with van der Waals surface area (Å²) >= 11 is 7.49. The largest absolute Gasteiger partial charge is 0.486 e. The van der Waals surface area contributed by atoms with Crippen molar-refractivity contribution in [3.63, 3.8) is 0 Å². The molecule has 0 saturated heterocycles. The summed E-state index contributed by atoms with van der Waals surface area (Å²) in [4.78, 5) is 9.51. The lowest BCUT2D eigenvalue weighted by molar-refractivity contribution is 0.171. The Morgan fingerprint density at radius 2 is 2.00 bits per heavy atom. The molecule has 3 rings (SSSR count). The van der Waals surface area contributed by atoms with Crippen LogP contribution in [0.4, 0.5) is 0 Å². The topological polar surface area (TPSA) is 53.5 Å². The summed E-state index contributed by atoms with van der Waals surface area (Å²) in [7, 11) is 1.60. The first-order valence-electron chi connectivity index (χ1n) is 6.34. The van der Waals surface area contributed by atoms with Gasteiger partial charge >= 0.3 is 0 Å². The zero-order valence-electron chi connectivity index (χ0n) is 11.3. The smallest absolute Gasteiger partial charge is 0.162 e. The molecule has 0 fully saturated rings. The molecule has 0 N–H and O–H groups in total. The monoisotopic (exact) mass is 324 g/mol. The van der Waals surface area contributed by atoms with E-state index in [1.165, 1.54) is 11.8 Å². The molecule has 2 aromatic rings. The number of fused-ring (bicyclic) bond motifs is 1. The van der Waals surface area contributed by atoms with E-state index < -0.39 is 0 Å². The average Bonchev–Trinajstić information content (AvgIpc) is 2.47. The number of ether oxygens (including phenoxy) is 3. The maximum absolute atomic E-state index is 6.00. The molecule has 0 spiro atoms. The molecule has 0 saturated carbocycles. The SMILES string of the molecule is COCc1nc(Cl)cc(Sc2ccc3c(c2)OCCO3)n1. The van der Waals surface area contributed by atoms with Gasteiger partial charge in [0.2, 0.25) is 0 Å². The zero-order valence-corrected chi connectivity index (χ0v) is 12.9. The standard InChI is InChI=1S/C14H13ClN2O3S/c1-18-8-13-16-12(15)7-14(17-13)21-9-2-3-10-11(6-9)20-5-4-19-10/h2-3,6-7H,4-5,8H2,1H3. The predicted molar refractivity (Wildman–Crippen MR) is 79.3 cm³/mol. The summed E-state index contributed by atoms with van der Waals surface area (Å²) < 4.78 is 16.1. The van der Waals surface area contributed by atoms with Gasteiger partial charge in [0, 0.05) is 18.1 Å². The third kappa shape index (κ3) is 3.58. The van der Waals surface area contributed by atoms with E-state index in [1.54, 1.807) is 13.2 Å². The fourth-order valence-electron chi connectivity index (χ4n) is 1.90. The molecular formula is C14H13ClN2O3S. The molecule has 0 atom stereocenters. The molecule has 0 bridgehead atoms. The van der Waals surface area contributed by atoms with E-state index in [9.17, 15) is 0 Å². The minimum atomic E-state index is 0.329. The number of rotatable bonds is 4. The van der Waals surface area contributed by atoms with Crippen LogP contribution >= 0.6 is 23.4 Å². The van der Waals surface area contributed by atoms with Gasteiger partial charge in [0.15, 0.2) is 17.3 Å². The first-order valence-corrected chi connectivity index (χ1v) is 7.54. The van der Waals surface area contributed by atoms with Crippen molar-refractivity contribution in [2.24, 2.45) is 0 Å². The third-order valence-corrected chi connectivity index (χ3v) is 3.83. The van der Waals surface area contributed by atoms with Crippen molar-refractivity contribution in [2.45, 2.75) is 16.5 Å². The number of hydrogen-bond acceptors (Lipinski definition) is 6. The summed E-state index contributed by atoms with van der Waals surface area (Å²) in [5, 5.41) is 1.16. The average molecular weight is 325 g/mol. The normalized spacial score (nSPS) is 13.2. The molecule has 0 radical (unpaired) electrons. The van der Waals surface area contributed by atoms with Gasteiger partial charge < -0.3 is 14.2 Å². The van der Waals surface area contributed by atoms with Gasteiger partial charge in [-0.3, -0.25) is 0 Å². The van der Waals surface area contributed by atoms with Crippen molar-refractivity contribution in [2.75, 3.05) is 20.3 Å². The Balaban J connectivity index is 1.83. The maximum Gasteiger partial charge on any atom is 0.162 e. The molecule has 21 heavy (non-hydrogen) atoms. The number of methoxy groups -OCH3 is 1. The van der Waals surface area contributed by atoms with Gasteiger partial charge in [-0.2, -0.15) is 0 Å². The van der Waals surface area contributed by atoms with Crippen molar-refractivity contribution >= 4 is 23.4 Å². The maximum atomic E-state index is 6.00. The van der Waals surface area contributed by atoms with Crippen LogP contribution in [-0.2, 0) is 11.3 Å². The molecule has 7 heteroatoms. The molecule has 0 amide bonds. The van der Waals surface area contributed by atoms with Crippen molar-refractivity contribution in [1.82, 2.24) is 9.97 Å². The number of benzene rings is 1. The highest BCUT2D eigenvalue weighted by Gasteiger charge is 2.13. The summed E-state index contributed by atoms with van der Waals surface area (Å²) in [6.45, 7) is 1.48. The van der Waals surface area contributed by atoms with E-state index in [2.05, 4.69) is 9.97 Å². The van der Waals surface area contributed by atoms with Crippen LogP contribution in [0.15, 0.2) is 34.2 Å². The minimum Gasteiger partial charge on any atom is -0.486 e. The second-order valence-corrected chi connectivity index (χ2v) is 5.77. The van der Waals surface area contributed by atoms with Crippen LogP contribution in [0.2, 0.25) is 5.15 Å². The van der Waals surface area contributed by atoms with E-state index >= 15 is 0 Å². The van der Waals surface area contributed by atoms with Gasteiger partial charge in [0.05, 0.1) is 0 Å². The van der Waals surface area contributed by atoms with E-state index in [0.29, 0.717) is 30.8 Å². The van der Waals surface area contributed by atoms with Crippen molar-refractivity contribution < 1.29 is 14.2 Å². The number of halogens is 1. The van der Waals surface area contributed by atoms with Crippen LogP contribution in [0.1, 0.15) is 5.82 Å². The van der Waals surface area contributed by atoms with E-state index in [4.69, 9.17) is 25.8 Å². The Kier molecular flexibility index (Phi) is 4.48. The Hall–Kier alpha value is -1.50. The molecule has 1 aromatic heterocycles. The van der Waals surface area contributed by atoms with Crippen molar-refractivity contribution in [3.05, 3.63) is 35.2 Å². The highest BCUT2D eigenvalue weighted by Crippen LogP contribution is 2.36. The van der Waals surface area contributed by atoms with Gasteiger partial charge in [-0.1, -0.05) is 23.4 Å². The second kappa shape index (κ2) is 6.51. The minimum absolute atomic E-state index is 0.329. The number of hydrogen-bond donors (Lipinski definition) is 0. The summed E-state index contributed by atoms with van der Waals surface area (Å²) in [6.07, 6.45) is 0. The number of nitrogens with zero attached hydrogens (tertiary/aromatic N) is 2. The molecule has 0 aliphatic carbocycles. The van der Waals surface area contributed by atoms with Gasteiger partial charge in [0.25, 0.3) is 0 Å². The lowest BCUT2D eigenvalue weighted by Gasteiger charge is -2.18. The molecule has 1 aliphatic rings. The molecule has 1 aromatic carbocycles. The first kappa shape index (κ1) is 14.4. The third-order valence-electron chi connectivity index (χ3n) is 2.73. The fraction of sp³-hybridized carbons (Fsp3) is 0.286. The van der Waals surface area contributed by atoms with Gasteiger partial charge in [-0.05, 0) is 18.2 Å². The Labute approximate surface area is 131 Å². The fourth-order valence-corrected chi connectivity index (χ4v) is 3.03. The molecule has 5 nitrogen and oxygen atoms in total. The highest BCUT2D eigenvalue weighted by molar-refractivity contribution is 7.99. The molecule has 110 valence electrons. The lowest BCUT2D eigenvalue weighted by atomic mass is 10.3. The molecular weight excluding hydrogens is 312 g/mol. The molecule has 1 aliphatic heterocycles. The summed E-state index contributed by atoms with van der Waals surface area (Å²) in [5.74, 6) is 2.08. The first-order chi connectivity index (χ1) is 10.2. The highest BCUT2D eigenvalue weighted by atomic mass is 35.5. The lowest BCUT2D eigenvalue weighted by Crippen LogP contribution is -2.15. The summed E-state index contributed by atoms with van der Waals surface area (Å²) in [6, 6.07) is 7.52. The van der Waals surface area contributed by atoms with Crippen LogP contribution in [0.5, 0.6) is 11.5 Å². The number of aromatic nitrogens is 2. The van der Waals surface area contributed by atoms with E-state index in [0.717, 1.165) is 21.4 Å². The predicted octanol–water partition coefficient (Wildman–Crippen LogP) is 3.20. The zero-order chi connectivity index (χ0) is 14.7. The van der Waals surface area contributed by atoms with Gasteiger partial charge in [0.1, 0.15) is 30.0 Å². The Morgan fingerprint density at radius 3 is 2.81 bits per heavy atom. The van der Waals surface area contributed by atoms with Crippen LogP contribution < -0.4 is 9.47 Å². The molecule has 2 heterocycles.